The van der Waals surface area contributed by atoms with Crippen LogP contribution in [0.3, 0.4) is 0 Å². The third kappa shape index (κ3) is 3.76. The normalized spacial score (nSPS) is 13.5. The Balaban J connectivity index is 1.29. The van der Waals surface area contributed by atoms with Crippen molar-refractivity contribution in [2.75, 3.05) is 0 Å². The molecule has 1 aliphatic rings. The van der Waals surface area contributed by atoms with Gasteiger partial charge >= 0.3 is 0 Å². The average molecular weight is 605 g/mol. The fraction of sp³-hybridized carbons (Fsp3) is 0.0233. The molecule has 0 saturated heterocycles. The molecule has 3 heteroatoms. The van der Waals surface area contributed by atoms with E-state index in [1.807, 2.05) is 11.3 Å². The number of para-hydroxylation sites is 1. The summed E-state index contributed by atoms with van der Waals surface area (Å²) < 4.78 is 7.53. The van der Waals surface area contributed by atoms with Crippen LogP contribution in [-0.2, 0) is 0 Å². The number of hydrogen-bond acceptors (Lipinski definition) is 1. The van der Waals surface area contributed by atoms with Gasteiger partial charge in [0.2, 0.25) is 0 Å². The summed E-state index contributed by atoms with van der Waals surface area (Å²) in [4.78, 5) is 0. The molecule has 0 amide bonds. The van der Waals surface area contributed by atoms with E-state index in [-0.39, 0.29) is 0 Å². The molecule has 1 aliphatic carbocycles. The molecule has 0 fully saturated rings. The minimum absolute atomic E-state index is 0.952. The molecule has 0 saturated carbocycles. The van der Waals surface area contributed by atoms with Crippen LogP contribution in [0.4, 0.5) is 0 Å². The highest BCUT2D eigenvalue weighted by atomic mass is 32.1. The molecule has 0 radical (unpaired) electrons. The van der Waals surface area contributed by atoms with Crippen molar-refractivity contribution >= 4 is 80.8 Å². The van der Waals surface area contributed by atoms with Gasteiger partial charge in [-0.15, -0.1) is 11.3 Å². The standard InChI is InChI=1S/C43H28N2S/c1-2-7-15-30(14-6-1)44-38-18-10-8-16-32(38)35-25-31(21-23-40(35)44)45-39-22-20-29(28-12-4-3-5-13-28)24-34(39)36-26-37-33-17-9-11-19-42(33)46-43(37)27-41(36)45/h1,3-27H,2H2. The zero-order chi connectivity index (χ0) is 30.2. The number of allylic oxidation sites excluding steroid dienone is 6. The first-order valence-electron chi connectivity index (χ1n) is 15.8. The Bertz CT molecular complexity index is 2760. The first-order valence-corrected chi connectivity index (χ1v) is 16.7. The van der Waals surface area contributed by atoms with Crippen LogP contribution in [0, 0.1) is 0 Å². The lowest BCUT2D eigenvalue weighted by Gasteiger charge is -2.11. The lowest BCUT2D eigenvalue weighted by Crippen LogP contribution is -1.96. The van der Waals surface area contributed by atoms with Gasteiger partial charge in [0.25, 0.3) is 0 Å². The van der Waals surface area contributed by atoms with Gasteiger partial charge in [0.15, 0.2) is 0 Å². The van der Waals surface area contributed by atoms with Gasteiger partial charge in [0, 0.05) is 53.1 Å². The summed E-state index contributed by atoms with van der Waals surface area (Å²) in [6, 6.07) is 47.1. The van der Waals surface area contributed by atoms with E-state index in [0.29, 0.717) is 0 Å². The summed E-state index contributed by atoms with van der Waals surface area (Å²) in [5.74, 6) is 0. The van der Waals surface area contributed by atoms with Gasteiger partial charge in [-0.1, -0.05) is 91.0 Å². The zero-order valence-electron chi connectivity index (χ0n) is 25.0. The maximum Gasteiger partial charge on any atom is 0.0555 e. The summed E-state index contributed by atoms with van der Waals surface area (Å²) >= 11 is 1.88. The molecule has 2 nitrogen and oxygen atoms in total. The highest BCUT2D eigenvalue weighted by molar-refractivity contribution is 7.25. The fourth-order valence-corrected chi connectivity index (χ4v) is 8.54. The largest absolute Gasteiger partial charge is 0.309 e. The van der Waals surface area contributed by atoms with E-state index >= 15 is 0 Å². The van der Waals surface area contributed by atoms with Crippen molar-refractivity contribution in [2.45, 2.75) is 6.42 Å². The first kappa shape index (κ1) is 25.7. The minimum Gasteiger partial charge on any atom is -0.309 e. The van der Waals surface area contributed by atoms with Crippen LogP contribution >= 0.6 is 11.3 Å². The van der Waals surface area contributed by atoms with Crippen molar-refractivity contribution in [3.63, 3.8) is 0 Å². The highest BCUT2D eigenvalue weighted by Crippen LogP contribution is 2.42. The van der Waals surface area contributed by atoms with E-state index in [9.17, 15) is 0 Å². The van der Waals surface area contributed by atoms with Crippen molar-refractivity contribution < 1.29 is 0 Å². The molecule has 3 heterocycles. The summed E-state index contributed by atoms with van der Waals surface area (Å²) in [7, 11) is 0. The van der Waals surface area contributed by atoms with Crippen LogP contribution in [0.15, 0.2) is 158 Å². The average Bonchev–Trinajstić information content (AvgIpc) is 3.65. The molecule has 0 bridgehead atoms. The van der Waals surface area contributed by atoms with Gasteiger partial charge in [-0.3, -0.25) is 0 Å². The smallest absolute Gasteiger partial charge is 0.0555 e. The molecule has 46 heavy (non-hydrogen) atoms. The number of aromatic nitrogens is 2. The van der Waals surface area contributed by atoms with Crippen LogP contribution < -0.4 is 0 Å². The quantitative estimate of drug-likeness (QED) is 0.190. The van der Waals surface area contributed by atoms with Crippen molar-refractivity contribution in [1.82, 2.24) is 9.13 Å². The molecule has 0 N–H and O–H groups in total. The van der Waals surface area contributed by atoms with E-state index in [0.717, 1.165) is 6.42 Å². The summed E-state index contributed by atoms with van der Waals surface area (Å²) in [6.07, 6.45) is 12.0. The summed E-state index contributed by atoms with van der Waals surface area (Å²) in [5.41, 5.74) is 9.73. The Hall–Kier alpha value is -5.64. The predicted octanol–water partition coefficient (Wildman–Crippen LogP) is 12.3. The molecule has 9 aromatic rings. The van der Waals surface area contributed by atoms with Crippen molar-refractivity contribution in [3.8, 4) is 16.8 Å². The maximum atomic E-state index is 2.47. The Morgan fingerprint density at radius 2 is 1.20 bits per heavy atom. The Kier molecular flexibility index (Phi) is 5.54. The molecule has 6 aromatic carbocycles. The Morgan fingerprint density at radius 1 is 0.457 bits per heavy atom. The number of thiophene rings is 1. The predicted molar refractivity (Wildman–Crippen MR) is 199 cm³/mol. The van der Waals surface area contributed by atoms with Gasteiger partial charge < -0.3 is 9.13 Å². The lowest BCUT2D eigenvalue weighted by atomic mass is 10.0. The molecule has 0 aliphatic heterocycles. The van der Waals surface area contributed by atoms with Crippen molar-refractivity contribution in [2.24, 2.45) is 0 Å². The topological polar surface area (TPSA) is 9.86 Å². The minimum atomic E-state index is 0.952. The molecule has 10 rings (SSSR count). The number of nitrogens with zero attached hydrogens (tertiary/aromatic N) is 2. The second-order valence-corrected chi connectivity index (χ2v) is 13.2. The van der Waals surface area contributed by atoms with Crippen molar-refractivity contribution in [3.05, 3.63) is 158 Å². The van der Waals surface area contributed by atoms with Gasteiger partial charge in [-0.05, 0) is 84.3 Å². The maximum absolute atomic E-state index is 2.47. The van der Waals surface area contributed by atoms with Gasteiger partial charge in [-0.25, -0.2) is 0 Å². The Morgan fingerprint density at radius 3 is 2.13 bits per heavy atom. The zero-order valence-corrected chi connectivity index (χ0v) is 25.8. The van der Waals surface area contributed by atoms with Gasteiger partial charge in [0.05, 0.1) is 22.1 Å². The van der Waals surface area contributed by atoms with Gasteiger partial charge in [0.1, 0.15) is 0 Å². The second kappa shape index (κ2) is 9.93. The van der Waals surface area contributed by atoms with Crippen LogP contribution in [0.25, 0.3) is 86.3 Å². The van der Waals surface area contributed by atoms with Crippen molar-refractivity contribution in [1.29, 1.82) is 0 Å². The first-order chi connectivity index (χ1) is 22.8. The molecule has 0 unspecified atom stereocenters. The van der Waals surface area contributed by atoms with Crippen LogP contribution in [0.5, 0.6) is 0 Å². The number of benzene rings is 6. The molecular weight excluding hydrogens is 577 g/mol. The van der Waals surface area contributed by atoms with Crippen LogP contribution in [-0.4, -0.2) is 9.13 Å². The molecule has 0 atom stereocenters. The van der Waals surface area contributed by atoms with E-state index in [4.69, 9.17) is 0 Å². The SMILES string of the molecule is C1=CCC=CC(n2c3ccccc3c3cc(-n4c5ccc(-c6ccccc6)cc5c5cc6c(cc54)sc4ccccc46)ccc32)=C1. The molecule has 0 spiro atoms. The number of hydrogen-bond donors (Lipinski definition) is 0. The highest BCUT2D eigenvalue weighted by Gasteiger charge is 2.19. The molecule has 216 valence electrons. The van der Waals surface area contributed by atoms with Crippen LogP contribution in [0.2, 0.25) is 0 Å². The van der Waals surface area contributed by atoms with E-state index in [1.54, 1.807) is 0 Å². The van der Waals surface area contributed by atoms with Gasteiger partial charge in [-0.2, -0.15) is 0 Å². The van der Waals surface area contributed by atoms with E-state index < -0.39 is 0 Å². The third-order valence-corrected chi connectivity index (χ3v) is 10.6. The summed E-state index contributed by atoms with van der Waals surface area (Å²) in [6.45, 7) is 0. The lowest BCUT2D eigenvalue weighted by molar-refractivity contribution is 1.18. The Labute approximate surface area is 270 Å². The number of rotatable bonds is 3. The van der Waals surface area contributed by atoms with E-state index in [1.165, 1.54) is 86.3 Å². The summed E-state index contributed by atoms with van der Waals surface area (Å²) in [5, 5.41) is 7.74. The second-order valence-electron chi connectivity index (χ2n) is 12.1. The third-order valence-electron chi connectivity index (χ3n) is 9.51. The monoisotopic (exact) mass is 604 g/mol. The van der Waals surface area contributed by atoms with Crippen LogP contribution in [0.1, 0.15) is 6.42 Å². The van der Waals surface area contributed by atoms with E-state index in [2.05, 4.69) is 167 Å². The number of fused-ring (bicyclic) bond motifs is 9. The fourth-order valence-electron chi connectivity index (χ4n) is 7.42. The molecular formula is C43H28N2S. The molecule has 3 aromatic heterocycles.